The van der Waals surface area contributed by atoms with Crippen molar-refractivity contribution in [3.63, 3.8) is 0 Å². The molecule has 3 heteroatoms. The molecule has 0 heterocycles. The van der Waals surface area contributed by atoms with Gasteiger partial charge in [0.05, 0.1) is 0 Å². The Balaban J connectivity index is 2.10. The summed E-state index contributed by atoms with van der Waals surface area (Å²) in [7, 11) is 0. The Hall–Kier alpha value is -1.02. The first-order valence-corrected chi connectivity index (χ1v) is 8.47. The zero-order valence-electron chi connectivity index (χ0n) is 13.1. The van der Waals surface area contributed by atoms with Crippen LogP contribution in [0.15, 0.2) is 24.3 Å². The van der Waals surface area contributed by atoms with E-state index in [1.54, 1.807) is 0 Å². The summed E-state index contributed by atoms with van der Waals surface area (Å²) in [6.45, 7) is 4.46. The van der Waals surface area contributed by atoms with Crippen LogP contribution in [-0.2, 0) is 4.79 Å². The summed E-state index contributed by atoms with van der Waals surface area (Å²) in [5, 5.41) is 3.75. The number of rotatable bonds is 5. The van der Waals surface area contributed by atoms with E-state index in [0.29, 0.717) is 10.9 Å². The zero-order valence-corrected chi connectivity index (χ0v) is 13.9. The number of carbonyl (C=O) groups is 1. The predicted octanol–water partition coefficient (Wildman–Crippen LogP) is 5.67. The molecule has 0 spiro atoms. The van der Waals surface area contributed by atoms with E-state index in [1.165, 1.54) is 19.3 Å². The normalized spacial score (nSPS) is 17.7. The molecule has 1 aromatic rings. The quantitative estimate of drug-likeness (QED) is 0.746. The van der Waals surface area contributed by atoms with Crippen LogP contribution < -0.4 is 5.32 Å². The summed E-state index contributed by atoms with van der Waals surface area (Å²) in [5.41, 5.74) is 0.632. The molecule has 0 bridgehead atoms. The molecule has 1 N–H and O–H groups in total. The number of hydrogen-bond donors (Lipinski definition) is 1. The lowest BCUT2D eigenvalue weighted by Gasteiger charge is -2.36. The number of anilines is 1. The maximum atomic E-state index is 12.9. The number of nitrogens with one attached hydrogen (secondary N) is 1. The first kappa shape index (κ1) is 16.4. The lowest BCUT2D eigenvalue weighted by Crippen LogP contribution is -2.38. The fourth-order valence-corrected chi connectivity index (χ4v) is 3.40. The molecule has 0 saturated heterocycles. The molecule has 21 heavy (non-hydrogen) atoms. The van der Waals surface area contributed by atoms with Crippen molar-refractivity contribution >= 4 is 23.2 Å². The number of hydrogen-bond acceptors (Lipinski definition) is 1. The molecule has 1 saturated carbocycles. The van der Waals surface area contributed by atoms with E-state index in [0.717, 1.165) is 31.4 Å². The zero-order chi connectivity index (χ0) is 15.3. The van der Waals surface area contributed by atoms with Gasteiger partial charge in [0.15, 0.2) is 0 Å². The van der Waals surface area contributed by atoms with E-state index in [-0.39, 0.29) is 11.3 Å². The SMILES string of the molecule is CC(C)CCC1(C(=O)Nc2cccc(Cl)c2)CCCCC1. The summed E-state index contributed by atoms with van der Waals surface area (Å²) >= 11 is 6.00. The van der Waals surface area contributed by atoms with E-state index in [4.69, 9.17) is 11.6 Å². The van der Waals surface area contributed by atoms with Gasteiger partial charge < -0.3 is 5.32 Å². The van der Waals surface area contributed by atoms with Crippen molar-refractivity contribution in [2.45, 2.75) is 58.8 Å². The smallest absolute Gasteiger partial charge is 0.230 e. The fourth-order valence-electron chi connectivity index (χ4n) is 3.21. The molecule has 1 amide bonds. The van der Waals surface area contributed by atoms with Crippen molar-refractivity contribution in [1.82, 2.24) is 0 Å². The van der Waals surface area contributed by atoms with Crippen LogP contribution >= 0.6 is 11.6 Å². The molecule has 1 aliphatic carbocycles. The first-order chi connectivity index (χ1) is 10.0. The van der Waals surface area contributed by atoms with Gasteiger partial charge >= 0.3 is 0 Å². The second-order valence-electron chi connectivity index (χ2n) is 6.74. The number of amides is 1. The van der Waals surface area contributed by atoms with Gasteiger partial charge in [-0.2, -0.15) is 0 Å². The summed E-state index contributed by atoms with van der Waals surface area (Å²) in [6, 6.07) is 7.42. The van der Waals surface area contributed by atoms with Crippen molar-refractivity contribution in [1.29, 1.82) is 0 Å². The highest BCUT2D eigenvalue weighted by atomic mass is 35.5. The topological polar surface area (TPSA) is 29.1 Å². The van der Waals surface area contributed by atoms with Crippen LogP contribution in [0.5, 0.6) is 0 Å². The molecule has 0 aromatic heterocycles. The van der Waals surface area contributed by atoms with Crippen molar-refractivity contribution in [3.8, 4) is 0 Å². The van der Waals surface area contributed by atoms with Gasteiger partial charge in [0.25, 0.3) is 0 Å². The van der Waals surface area contributed by atoms with Gasteiger partial charge in [0.1, 0.15) is 0 Å². The highest BCUT2D eigenvalue weighted by molar-refractivity contribution is 6.30. The molecule has 1 fully saturated rings. The van der Waals surface area contributed by atoms with Gasteiger partial charge in [-0.15, -0.1) is 0 Å². The molecule has 0 aliphatic heterocycles. The third-order valence-electron chi connectivity index (χ3n) is 4.58. The molecule has 116 valence electrons. The van der Waals surface area contributed by atoms with Crippen LogP contribution in [-0.4, -0.2) is 5.91 Å². The maximum absolute atomic E-state index is 12.9. The van der Waals surface area contributed by atoms with Crippen LogP contribution in [0.3, 0.4) is 0 Å². The average molecular weight is 308 g/mol. The number of halogens is 1. The minimum absolute atomic E-state index is 0.176. The Morgan fingerprint density at radius 3 is 2.62 bits per heavy atom. The molecule has 0 atom stereocenters. The highest BCUT2D eigenvalue weighted by Crippen LogP contribution is 2.42. The summed E-state index contributed by atoms with van der Waals surface area (Å²) in [5.74, 6) is 0.827. The van der Waals surface area contributed by atoms with Crippen molar-refractivity contribution in [2.24, 2.45) is 11.3 Å². The summed E-state index contributed by atoms with van der Waals surface area (Å²) < 4.78 is 0. The largest absolute Gasteiger partial charge is 0.326 e. The van der Waals surface area contributed by atoms with E-state index < -0.39 is 0 Å². The van der Waals surface area contributed by atoms with E-state index in [9.17, 15) is 4.79 Å². The second-order valence-corrected chi connectivity index (χ2v) is 7.17. The third-order valence-corrected chi connectivity index (χ3v) is 4.81. The van der Waals surface area contributed by atoms with Gasteiger partial charge in [0.2, 0.25) is 5.91 Å². The maximum Gasteiger partial charge on any atom is 0.230 e. The molecule has 2 rings (SSSR count). The Labute approximate surface area is 133 Å². The fraction of sp³-hybridized carbons (Fsp3) is 0.611. The Morgan fingerprint density at radius 2 is 2.00 bits per heavy atom. The Morgan fingerprint density at radius 1 is 1.29 bits per heavy atom. The summed E-state index contributed by atoms with van der Waals surface area (Å²) in [6.07, 6.45) is 7.74. The van der Waals surface area contributed by atoms with Crippen LogP contribution in [0, 0.1) is 11.3 Å². The molecule has 0 radical (unpaired) electrons. The predicted molar refractivity (Wildman–Crippen MR) is 89.7 cm³/mol. The Bertz CT molecular complexity index is 478. The first-order valence-electron chi connectivity index (χ1n) is 8.09. The highest BCUT2D eigenvalue weighted by Gasteiger charge is 2.39. The molecule has 1 aromatic carbocycles. The van der Waals surface area contributed by atoms with Gasteiger partial charge in [0, 0.05) is 16.1 Å². The van der Waals surface area contributed by atoms with Crippen LogP contribution in [0.4, 0.5) is 5.69 Å². The van der Waals surface area contributed by atoms with Gasteiger partial charge in [-0.3, -0.25) is 4.79 Å². The lowest BCUT2D eigenvalue weighted by molar-refractivity contribution is -0.128. The molecule has 2 nitrogen and oxygen atoms in total. The molecular formula is C18H26ClNO. The number of carbonyl (C=O) groups excluding carboxylic acids is 1. The van der Waals surface area contributed by atoms with Gasteiger partial charge in [-0.1, -0.05) is 50.8 Å². The molecular weight excluding hydrogens is 282 g/mol. The van der Waals surface area contributed by atoms with Crippen molar-refractivity contribution in [3.05, 3.63) is 29.3 Å². The average Bonchev–Trinajstić information content (AvgIpc) is 2.46. The third kappa shape index (κ3) is 4.47. The van der Waals surface area contributed by atoms with E-state index in [2.05, 4.69) is 19.2 Å². The van der Waals surface area contributed by atoms with Crippen LogP contribution in [0.2, 0.25) is 5.02 Å². The summed E-state index contributed by atoms with van der Waals surface area (Å²) in [4.78, 5) is 12.9. The minimum atomic E-state index is -0.176. The minimum Gasteiger partial charge on any atom is -0.326 e. The van der Waals surface area contributed by atoms with Crippen LogP contribution in [0.1, 0.15) is 58.8 Å². The monoisotopic (exact) mass is 307 g/mol. The van der Waals surface area contributed by atoms with Crippen molar-refractivity contribution in [2.75, 3.05) is 5.32 Å². The Kier molecular flexibility index (Phi) is 5.69. The molecule has 1 aliphatic rings. The number of benzene rings is 1. The molecule has 0 unspecified atom stereocenters. The standard InChI is InChI=1S/C18H26ClNO/c1-14(2)9-12-18(10-4-3-5-11-18)17(21)20-16-8-6-7-15(19)13-16/h6-8,13-14H,3-5,9-12H2,1-2H3,(H,20,21). The van der Waals surface area contributed by atoms with Gasteiger partial charge in [-0.05, 0) is 49.8 Å². The van der Waals surface area contributed by atoms with Crippen molar-refractivity contribution < 1.29 is 4.79 Å². The van der Waals surface area contributed by atoms with Gasteiger partial charge in [-0.25, -0.2) is 0 Å². The van der Waals surface area contributed by atoms with Crippen LogP contribution in [0.25, 0.3) is 0 Å². The van der Waals surface area contributed by atoms with E-state index in [1.807, 2.05) is 24.3 Å². The van der Waals surface area contributed by atoms with E-state index >= 15 is 0 Å². The lowest BCUT2D eigenvalue weighted by atomic mass is 9.69. The second kappa shape index (κ2) is 7.31.